The number of esters is 1. The molecule has 34 heavy (non-hydrogen) atoms. The maximum atomic E-state index is 13.1. The molecule has 1 unspecified atom stereocenters. The van der Waals surface area contributed by atoms with E-state index in [2.05, 4.69) is 5.10 Å². The maximum absolute atomic E-state index is 13.1. The van der Waals surface area contributed by atoms with Crippen molar-refractivity contribution in [3.63, 3.8) is 0 Å². The molecule has 180 valence electrons. The zero-order chi connectivity index (χ0) is 24.3. The summed E-state index contributed by atoms with van der Waals surface area (Å²) in [4.78, 5) is 25.5. The SMILES string of the molecule is CC(C)(C)OC(=O)C(c1ccc(CN2N=C(c3cccc(Cl)c3)OCC2=O)cc1)C1CCCC1. The molecular formula is C27H31ClN2O4. The quantitative estimate of drug-likeness (QED) is 0.497. The van der Waals surface area contributed by atoms with E-state index in [0.717, 1.165) is 42.4 Å². The van der Waals surface area contributed by atoms with Crippen LogP contribution in [0.15, 0.2) is 53.6 Å². The fourth-order valence-electron chi connectivity index (χ4n) is 4.54. The van der Waals surface area contributed by atoms with Gasteiger partial charge in [0, 0.05) is 10.6 Å². The number of carbonyl (C=O) groups excluding carboxylic acids is 2. The van der Waals surface area contributed by atoms with Gasteiger partial charge in [-0.2, -0.15) is 0 Å². The predicted octanol–water partition coefficient (Wildman–Crippen LogP) is 5.68. The lowest BCUT2D eigenvalue weighted by atomic mass is 9.84. The van der Waals surface area contributed by atoms with E-state index in [1.54, 1.807) is 12.1 Å². The summed E-state index contributed by atoms with van der Waals surface area (Å²) in [6.07, 6.45) is 4.37. The van der Waals surface area contributed by atoms with E-state index in [-0.39, 0.29) is 24.4 Å². The number of hydrogen-bond donors (Lipinski definition) is 0. The lowest BCUT2D eigenvalue weighted by molar-refractivity contribution is -0.158. The molecule has 6 nitrogen and oxygen atoms in total. The van der Waals surface area contributed by atoms with E-state index in [1.165, 1.54) is 5.01 Å². The summed E-state index contributed by atoms with van der Waals surface area (Å²) >= 11 is 6.08. The molecule has 0 aromatic heterocycles. The first-order valence-corrected chi connectivity index (χ1v) is 12.2. The number of ether oxygens (including phenoxy) is 2. The summed E-state index contributed by atoms with van der Waals surface area (Å²) in [6, 6.07) is 15.1. The van der Waals surface area contributed by atoms with E-state index in [1.807, 2.05) is 57.2 Å². The number of amides is 1. The average Bonchev–Trinajstić information content (AvgIpc) is 3.29. The van der Waals surface area contributed by atoms with Crippen LogP contribution in [-0.4, -0.2) is 35.0 Å². The van der Waals surface area contributed by atoms with Crippen molar-refractivity contribution in [1.82, 2.24) is 5.01 Å². The summed E-state index contributed by atoms with van der Waals surface area (Å²) < 4.78 is 11.3. The number of benzene rings is 2. The Kier molecular flexibility index (Phi) is 7.27. The molecule has 1 fully saturated rings. The Labute approximate surface area is 205 Å². The van der Waals surface area contributed by atoms with Gasteiger partial charge in [-0.1, -0.05) is 54.8 Å². The van der Waals surface area contributed by atoms with E-state index < -0.39 is 5.60 Å². The fraction of sp³-hybridized carbons (Fsp3) is 0.444. The maximum Gasteiger partial charge on any atom is 0.314 e. The zero-order valence-electron chi connectivity index (χ0n) is 19.9. The molecule has 1 saturated carbocycles. The van der Waals surface area contributed by atoms with Crippen LogP contribution in [0, 0.1) is 5.92 Å². The molecular weight excluding hydrogens is 452 g/mol. The highest BCUT2D eigenvalue weighted by Crippen LogP contribution is 2.39. The average molecular weight is 483 g/mol. The first kappa shape index (κ1) is 24.3. The molecule has 2 aliphatic rings. The molecule has 1 amide bonds. The topological polar surface area (TPSA) is 68.2 Å². The minimum atomic E-state index is -0.525. The molecule has 0 saturated heterocycles. The second-order valence-electron chi connectivity index (χ2n) is 9.95. The van der Waals surface area contributed by atoms with Gasteiger partial charge < -0.3 is 9.47 Å². The molecule has 2 aromatic carbocycles. The molecule has 1 aliphatic heterocycles. The largest absolute Gasteiger partial charge is 0.466 e. The lowest BCUT2D eigenvalue weighted by Crippen LogP contribution is -2.36. The molecule has 2 aromatic rings. The van der Waals surface area contributed by atoms with Gasteiger partial charge in [0.1, 0.15) is 5.60 Å². The molecule has 7 heteroatoms. The van der Waals surface area contributed by atoms with E-state index in [0.29, 0.717) is 23.4 Å². The summed E-state index contributed by atoms with van der Waals surface area (Å²) in [6.45, 7) is 5.94. The van der Waals surface area contributed by atoms with Gasteiger partial charge in [-0.05, 0) is 68.9 Å². The third-order valence-corrected chi connectivity index (χ3v) is 6.34. The van der Waals surface area contributed by atoms with Crippen LogP contribution in [0.3, 0.4) is 0 Å². The number of rotatable bonds is 6. The lowest BCUT2D eigenvalue weighted by Gasteiger charge is -2.28. The second kappa shape index (κ2) is 10.2. The Morgan fingerprint density at radius 3 is 2.53 bits per heavy atom. The molecule has 1 atom stereocenters. The second-order valence-corrected chi connectivity index (χ2v) is 10.4. The summed E-state index contributed by atoms with van der Waals surface area (Å²) in [5.74, 6) is 0.0169. The Balaban J connectivity index is 1.52. The van der Waals surface area contributed by atoms with Crippen LogP contribution >= 0.6 is 11.6 Å². The van der Waals surface area contributed by atoms with Crippen LogP contribution in [0.2, 0.25) is 5.02 Å². The first-order valence-electron chi connectivity index (χ1n) is 11.8. The van der Waals surface area contributed by atoms with Crippen LogP contribution < -0.4 is 0 Å². The van der Waals surface area contributed by atoms with Crippen molar-refractivity contribution in [3.05, 3.63) is 70.2 Å². The molecule has 0 bridgehead atoms. The third kappa shape index (κ3) is 5.98. The molecule has 0 radical (unpaired) electrons. The summed E-state index contributed by atoms with van der Waals surface area (Å²) in [5, 5.41) is 6.39. The van der Waals surface area contributed by atoms with Crippen LogP contribution in [0.5, 0.6) is 0 Å². The zero-order valence-corrected chi connectivity index (χ0v) is 20.7. The fourth-order valence-corrected chi connectivity index (χ4v) is 4.74. The molecule has 4 rings (SSSR count). The molecule has 0 N–H and O–H groups in total. The van der Waals surface area contributed by atoms with Crippen molar-refractivity contribution in [3.8, 4) is 0 Å². The van der Waals surface area contributed by atoms with Crippen LogP contribution in [0.1, 0.15) is 69.1 Å². The standard InChI is InChI=1S/C27H31ClN2O4/c1-27(2,3)34-26(32)24(19-7-4-5-8-19)20-13-11-18(12-14-20)16-30-23(31)17-33-25(29-30)21-9-6-10-22(28)15-21/h6,9-15,19,24H,4-5,7-8,16-17H2,1-3H3. The summed E-state index contributed by atoms with van der Waals surface area (Å²) in [5.41, 5.74) is 2.07. The van der Waals surface area contributed by atoms with Gasteiger partial charge in [-0.3, -0.25) is 9.59 Å². The van der Waals surface area contributed by atoms with Crippen molar-refractivity contribution in [2.24, 2.45) is 11.0 Å². The van der Waals surface area contributed by atoms with Crippen molar-refractivity contribution < 1.29 is 19.1 Å². The van der Waals surface area contributed by atoms with Gasteiger partial charge in [0.15, 0.2) is 6.61 Å². The first-order chi connectivity index (χ1) is 16.2. The Bertz CT molecular complexity index is 1070. The van der Waals surface area contributed by atoms with E-state index in [9.17, 15) is 9.59 Å². The van der Waals surface area contributed by atoms with Gasteiger partial charge in [0.05, 0.1) is 12.5 Å². The van der Waals surface area contributed by atoms with E-state index >= 15 is 0 Å². The van der Waals surface area contributed by atoms with Crippen molar-refractivity contribution >= 4 is 29.4 Å². The number of halogens is 1. The highest BCUT2D eigenvalue weighted by Gasteiger charge is 2.35. The third-order valence-electron chi connectivity index (χ3n) is 6.11. The molecule has 1 heterocycles. The van der Waals surface area contributed by atoms with Crippen molar-refractivity contribution in [1.29, 1.82) is 0 Å². The van der Waals surface area contributed by atoms with Gasteiger partial charge in [0.25, 0.3) is 5.91 Å². The van der Waals surface area contributed by atoms with Gasteiger partial charge in [-0.15, -0.1) is 5.10 Å². The van der Waals surface area contributed by atoms with Crippen LogP contribution in [0.4, 0.5) is 0 Å². The van der Waals surface area contributed by atoms with Crippen molar-refractivity contribution in [2.45, 2.75) is 64.5 Å². The summed E-state index contributed by atoms with van der Waals surface area (Å²) in [7, 11) is 0. The minimum absolute atomic E-state index is 0.0776. The smallest absolute Gasteiger partial charge is 0.314 e. The Hall–Kier alpha value is -2.86. The Morgan fingerprint density at radius 2 is 1.88 bits per heavy atom. The predicted molar refractivity (Wildman–Crippen MR) is 131 cm³/mol. The van der Waals surface area contributed by atoms with E-state index in [4.69, 9.17) is 21.1 Å². The number of carbonyl (C=O) groups is 2. The normalized spacial score (nSPS) is 17.8. The number of hydrogen-bond acceptors (Lipinski definition) is 5. The van der Waals surface area contributed by atoms with Gasteiger partial charge in [-0.25, -0.2) is 5.01 Å². The van der Waals surface area contributed by atoms with Gasteiger partial charge >= 0.3 is 5.97 Å². The van der Waals surface area contributed by atoms with Crippen molar-refractivity contribution in [2.75, 3.05) is 6.61 Å². The molecule has 1 aliphatic carbocycles. The van der Waals surface area contributed by atoms with Gasteiger partial charge in [0.2, 0.25) is 5.90 Å². The number of hydrazone groups is 1. The minimum Gasteiger partial charge on any atom is -0.466 e. The van der Waals surface area contributed by atoms with Crippen LogP contribution in [-0.2, 0) is 25.6 Å². The van der Waals surface area contributed by atoms with Crippen LogP contribution in [0.25, 0.3) is 0 Å². The Morgan fingerprint density at radius 1 is 1.18 bits per heavy atom. The highest BCUT2D eigenvalue weighted by molar-refractivity contribution is 6.31. The number of nitrogens with zero attached hydrogens (tertiary/aromatic N) is 2. The molecule has 0 spiro atoms. The monoisotopic (exact) mass is 482 g/mol. The highest BCUT2D eigenvalue weighted by atomic mass is 35.5.